The maximum Gasteiger partial charge on any atom is 0.251 e. The lowest BCUT2D eigenvalue weighted by molar-refractivity contribution is -0.117. The van der Waals surface area contributed by atoms with Crippen LogP contribution in [0.3, 0.4) is 0 Å². The van der Waals surface area contributed by atoms with E-state index in [4.69, 9.17) is 0 Å². The fraction of sp³-hybridized carbons (Fsp3) is 0.600. The quantitative estimate of drug-likeness (QED) is 0.922. The SMILES string of the molecule is C[C@H](NC(=O)c1ccc(N2CCCC2=O)cc1)[C@@H]1C[C@H]2CC[C@H]1C2. The number of carbonyl (C=O) groups is 2. The van der Waals surface area contributed by atoms with Gasteiger partial charge in [0.15, 0.2) is 0 Å². The van der Waals surface area contributed by atoms with Crippen LogP contribution in [0.5, 0.6) is 0 Å². The van der Waals surface area contributed by atoms with Crippen molar-refractivity contribution in [2.75, 3.05) is 11.4 Å². The highest BCUT2D eigenvalue weighted by molar-refractivity contribution is 5.97. The Labute approximate surface area is 143 Å². The zero-order valence-electron chi connectivity index (χ0n) is 14.3. The average molecular weight is 326 g/mol. The molecule has 2 amide bonds. The van der Waals surface area contributed by atoms with Gasteiger partial charge in [0.25, 0.3) is 5.91 Å². The molecule has 1 N–H and O–H groups in total. The first kappa shape index (κ1) is 15.7. The van der Waals surface area contributed by atoms with Crippen molar-refractivity contribution in [3.05, 3.63) is 29.8 Å². The predicted molar refractivity (Wildman–Crippen MR) is 93.9 cm³/mol. The Morgan fingerprint density at radius 3 is 2.58 bits per heavy atom. The molecule has 2 bridgehead atoms. The Morgan fingerprint density at radius 2 is 2.00 bits per heavy atom. The Kier molecular flexibility index (Phi) is 4.07. The molecule has 1 aromatic carbocycles. The summed E-state index contributed by atoms with van der Waals surface area (Å²) in [5.41, 5.74) is 1.58. The van der Waals surface area contributed by atoms with Crippen molar-refractivity contribution in [3.63, 3.8) is 0 Å². The molecular weight excluding hydrogens is 300 g/mol. The van der Waals surface area contributed by atoms with Gasteiger partial charge in [-0.1, -0.05) is 6.42 Å². The van der Waals surface area contributed by atoms with Gasteiger partial charge < -0.3 is 10.2 Å². The van der Waals surface area contributed by atoms with E-state index < -0.39 is 0 Å². The largest absolute Gasteiger partial charge is 0.349 e. The Balaban J connectivity index is 1.38. The third kappa shape index (κ3) is 2.83. The monoisotopic (exact) mass is 326 g/mol. The summed E-state index contributed by atoms with van der Waals surface area (Å²) >= 11 is 0. The second-order valence-corrected chi connectivity index (χ2v) is 7.80. The summed E-state index contributed by atoms with van der Waals surface area (Å²) < 4.78 is 0. The molecule has 4 atom stereocenters. The zero-order valence-corrected chi connectivity index (χ0v) is 14.3. The first-order valence-electron chi connectivity index (χ1n) is 9.33. The number of fused-ring (bicyclic) bond motifs is 2. The second-order valence-electron chi connectivity index (χ2n) is 7.80. The summed E-state index contributed by atoms with van der Waals surface area (Å²) in [5, 5.41) is 3.20. The molecule has 0 aromatic heterocycles. The van der Waals surface area contributed by atoms with E-state index in [1.54, 1.807) is 4.90 Å². The van der Waals surface area contributed by atoms with Crippen LogP contribution >= 0.6 is 0 Å². The predicted octanol–water partition coefficient (Wildman–Crippen LogP) is 3.37. The van der Waals surface area contributed by atoms with Crippen LogP contribution in [-0.4, -0.2) is 24.4 Å². The number of amides is 2. The smallest absolute Gasteiger partial charge is 0.251 e. The molecule has 1 aliphatic heterocycles. The van der Waals surface area contributed by atoms with Gasteiger partial charge in [-0.15, -0.1) is 0 Å². The minimum absolute atomic E-state index is 0.00423. The number of rotatable bonds is 4. The lowest BCUT2D eigenvalue weighted by Crippen LogP contribution is -2.40. The van der Waals surface area contributed by atoms with E-state index >= 15 is 0 Å². The van der Waals surface area contributed by atoms with E-state index in [0.717, 1.165) is 30.5 Å². The first-order valence-corrected chi connectivity index (χ1v) is 9.33. The van der Waals surface area contributed by atoms with Crippen molar-refractivity contribution >= 4 is 17.5 Å². The third-order valence-corrected chi connectivity index (χ3v) is 6.31. The number of benzene rings is 1. The highest BCUT2D eigenvalue weighted by Crippen LogP contribution is 2.49. The molecule has 4 nitrogen and oxygen atoms in total. The topological polar surface area (TPSA) is 49.4 Å². The number of hydrogen-bond acceptors (Lipinski definition) is 2. The number of nitrogens with zero attached hydrogens (tertiary/aromatic N) is 1. The summed E-state index contributed by atoms with van der Waals surface area (Å²) in [6.45, 7) is 2.94. The minimum atomic E-state index is 0.00423. The molecule has 3 aliphatic rings. The summed E-state index contributed by atoms with van der Waals surface area (Å²) in [7, 11) is 0. The van der Waals surface area contributed by atoms with Crippen LogP contribution in [0.2, 0.25) is 0 Å². The molecule has 2 saturated carbocycles. The highest BCUT2D eigenvalue weighted by atomic mass is 16.2. The number of anilines is 1. The Hall–Kier alpha value is -1.84. The maximum atomic E-state index is 12.5. The van der Waals surface area contributed by atoms with Gasteiger partial charge in [0.05, 0.1) is 0 Å². The molecule has 2 aliphatic carbocycles. The van der Waals surface area contributed by atoms with E-state index in [1.165, 1.54) is 25.7 Å². The average Bonchev–Trinajstić information content (AvgIpc) is 3.31. The van der Waals surface area contributed by atoms with Crippen molar-refractivity contribution in [2.45, 2.75) is 51.5 Å². The van der Waals surface area contributed by atoms with E-state index in [0.29, 0.717) is 17.9 Å². The fourth-order valence-electron chi connectivity index (χ4n) is 5.02. The molecule has 1 aromatic rings. The van der Waals surface area contributed by atoms with Crippen LogP contribution in [0.25, 0.3) is 0 Å². The summed E-state index contributed by atoms with van der Waals surface area (Å²) in [6.07, 6.45) is 6.92. The molecule has 0 unspecified atom stereocenters. The molecule has 128 valence electrons. The summed E-state index contributed by atoms with van der Waals surface area (Å²) in [6, 6.07) is 7.70. The minimum Gasteiger partial charge on any atom is -0.349 e. The second kappa shape index (κ2) is 6.23. The first-order chi connectivity index (χ1) is 11.6. The van der Waals surface area contributed by atoms with Gasteiger partial charge in [-0.3, -0.25) is 9.59 Å². The normalized spacial score (nSPS) is 30.0. The Morgan fingerprint density at radius 1 is 1.21 bits per heavy atom. The van der Waals surface area contributed by atoms with Crippen LogP contribution in [-0.2, 0) is 4.79 Å². The highest BCUT2D eigenvalue weighted by Gasteiger charge is 2.42. The standard InChI is InChI=1S/C20H26N2O2/c1-13(18-12-14-4-5-16(18)11-14)21-20(24)15-6-8-17(9-7-15)22-10-2-3-19(22)23/h6-9,13-14,16,18H,2-5,10-12H2,1H3,(H,21,24)/t13-,14-,16-,18-/m0/s1. The van der Waals surface area contributed by atoms with Crippen LogP contribution < -0.4 is 10.2 Å². The third-order valence-electron chi connectivity index (χ3n) is 6.31. The van der Waals surface area contributed by atoms with Crippen LogP contribution in [0.4, 0.5) is 5.69 Å². The molecular formula is C20H26N2O2. The van der Waals surface area contributed by atoms with Crippen LogP contribution in [0.15, 0.2) is 24.3 Å². The molecule has 24 heavy (non-hydrogen) atoms. The summed E-state index contributed by atoms with van der Waals surface area (Å²) in [4.78, 5) is 26.1. The Bertz CT molecular complexity index is 640. The van der Waals surface area contributed by atoms with E-state index in [1.807, 2.05) is 24.3 Å². The van der Waals surface area contributed by atoms with Crippen LogP contribution in [0.1, 0.15) is 55.8 Å². The van der Waals surface area contributed by atoms with Crippen molar-refractivity contribution in [3.8, 4) is 0 Å². The lowest BCUT2D eigenvalue weighted by atomic mass is 9.84. The van der Waals surface area contributed by atoms with Gasteiger partial charge in [0, 0.05) is 30.3 Å². The zero-order chi connectivity index (χ0) is 16.7. The molecule has 4 heteroatoms. The molecule has 3 fully saturated rings. The van der Waals surface area contributed by atoms with Crippen molar-refractivity contribution < 1.29 is 9.59 Å². The van der Waals surface area contributed by atoms with E-state index in [9.17, 15) is 9.59 Å². The van der Waals surface area contributed by atoms with Gasteiger partial charge >= 0.3 is 0 Å². The molecule has 4 rings (SSSR count). The molecule has 1 heterocycles. The van der Waals surface area contributed by atoms with E-state index in [-0.39, 0.29) is 17.9 Å². The number of carbonyl (C=O) groups excluding carboxylic acids is 2. The van der Waals surface area contributed by atoms with Gasteiger partial charge in [0.1, 0.15) is 0 Å². The van der Waals surface area contributed by atoms with Gasteiger partial charge in [-0.05, 0) is 74.6 Å². The maximum absolute atomic E-state index is 12.5. The van der Waals surface area contributed by atoms with E-state index in [2.05, 4.69) is 12.2 Å². The van der Waals surface area contributed by atoms with Gasteiger partial charge in [-0.25, -0.2) is 0 Å². The molecule has 0 spiro atoms. The summed E-state index contributed by atoms with van der Waals surface area (Å²) in [5.74, 6) is 2.54. The van der Waals surface area contributed by atoms with Crippen molar-refractivity contribution in [2.24, 2.45) is 17.8 Å². The van der Waals surface area contributed by atoms with Crippen molar-refractivity contribution in [1.29, 1.82) is 0 Å². The number of nitrogens with one attached hydrogen (secondary N) is 1. The fourth-order valence-corrected chi connectivity index (χ4v) is 5.02. The van der Waals surface area contributed by atoms with Gasteiger partial charge in [-0.2, -0.15) is 0 Å². The van der Waals surface area contributed by atoms with Crippen LogP contribution in [0, 0.1) is 17.8 Å². The van der Waals surface area contributed by atoms with Crippen molar-refractivity contribution in [1.82, 2.24) is 5.32 Å². The number of hydrogen-bond donors (Lipinski definition) is 1. The molecule has 0 radical (unpaired) electrons. The lowest BCUT2D eigenvalue weighted by Gasteiger charge is -2.28. The molecule has 1 saturated heterocycles. The van der Waals surface area contributed by atoms with Gasteiger partial charge in [0.2, 0.25) is 5.91 Å².